The summed E-state index contributed by atoms with van der Waals surface area (Å²) in [5.41, 5.74) is 0.893. The molecule has 3 heterocycles. The second-order valence-electron chi connectivity index (χ2n) is 11.5. The van der Waals surface area contributed by atoms with Crippen molar-refractivity contribution in [3.63, 3.8) is 0 Å². The molecule has 2 saturated heterocycles. The minimum atomic E-state index is -0.993. The molecule has 7 heteroatoms. The van der Waals surface area contributed by atoms with Crippen LogP contribution in [0.1, 0.15) is 68.0 Å². The number of piperidine rings is 1. The number of nitrogens with zero attached hydrogens (tertiary/aromatic N) is 3. The minimum Gasteiger partial charge on any atom is -0.387 e. The lowest BCUT2D eigenvalue weighted by atomic mass is 9.66. The SMILES string of the molecule is O=C(N1CC[C@@](O)(Cn2ccc(C3CC3)cc2=O)C2(CCCC2)C1)N1CCNC[C@H]1c1ccccc1. The quantitative estimate of drug-likeness (QED) is 0.688. The standard InChI is InChI=1S/C29H38N4O3/c34-26-18-24(22-8-9-22)10-15-31(26)21-29(36)13-16-32(20-28(29)11-4-5-12-28)27(35)33-17-14-30-19-25(33)23-6-2-1-3-7-23/h1-3,6-7,10,15,18,22,25,30,36H,4-5,8-9,11-14,16-17,19-21H2/t25-,29+/m0/s1. The Morgan fingerprint density at radius 3 is 2.53 bits per heavy atom. The van der Waals surface area contributed by atoms with Crippen LogP contribution in [0.5, 0.6) is 0 Å². The van der Waals surface area contributed by atoms with Crippen molar-refractivity contribution < 1.29 is 9.90 Å². The van der Waals surface area contributed by atoms with Gasteiger partial charge in [-0.15, -0.1) is 0 Å². The molecular weight excluding hydrogens is 452 g/mol. The van der Waals surface area contributed by atoms with Gasteiger partial charge in [0.2, 0.25) is 0 Å². The van der Waals surface area contributed by atoms with E-state index in [0.717, 1.165) is 49.9 Å². The van der Waals surface area contributed by atoms with E-state index in [1.807, 2.05) is 34.2 Å². The van der Waals surface area contributed by atoms with Gasteiger partial charge in [0.15, 0.2) is 0 Å². The molecule has 7 nitrogen and oxygen atoms in total. The van der Waals surface area contributed by atoms with Crippen molar-refractivity contribution in [3.8, 4) is 0 Å². The fraction of sp³-hybridized carbons (Fsp3) is 0.586. The fourth-order valence-corrected chi connectivity index (χ4v) is 6.96. The van der Waals surface area contributed by atoms with E-state index in [0.29, 0.717) is 38.5 Å². The summed E-state index contributed by atoms with van der Waals surface area (Å²) in [7, 11) is 0. The summed E-state index contributed by atoms with van der Waals surface area (Å²) in [6, 6.07) is 14.1. The smallest absolute Gasteiger partial charge is 0.320 e. The lowest BCUT2D eigenvalue weighted by Crippen LogP contribution is -2.64. The lowest BCUT2D eigenvalue weighted by Gasteiger charge is -2.53. The van der Waals surface area contributed by atoms with Gasteiger partial charge in [0.1, 0.15) is 0 Å². The number of nitrogens with one attached hydrogen (secondary N) is 1. The Labute approximate surface area is 213 Å². The summed E-state index contributed by atoms with van der Waals surface area (Å²) in [4.78, 5) is 30.8. The first kappa shape index (κ1) is 23.7. The van der Waals surface area contributed by atoms with Crippen LogP contribution < -0.4 is 10.9 Å². The normalized spacial score (nSPS) is 28.0. The zero-order valence-corrected chi connectivity index (χ0v) is 21.1. The molecule has 2 aliphatic carbocycles. The van der Waals surface area contributed by atoms with Gasteiger partial charge in [-0.2, -0.15) is 0 Å². The molecule has 1 aromatic carbocycles. The average molecular weight is 491 g/mol. The van der Waals surface area contributed by atoms with Crippen LogP contribution in [-0.2, 0) is 6.54 Å². The van der Waals surface area contributed by atoms with E-state index in [4.69, 9.17) is 0 Å². The van der Waals surface area contributed by atoms with Crippen molar-refractivity contribution in [1.29, 1.82) is 0 Å². The number of likely N-dealkylation sites (tertiary alicyclic amines) is 1. The third-order valence-electron chi connectivity index (χ3n) is 9.28. The molecule has 1 aromatic heterocycles. The molecule has 36 heavy (non-hydrogen) atoms. The van der Waals surface area contributed by atoms with Crippen LogP contribution in [0.15, 0.2) is 53.5 Å². The van der Waals surface area contributed by atoms with Gasteiger partial charge in [0.05, 0.1) is 18.2 Å². The zero-order chi connectivity index (χ0) is 24.8. The number of aromatic nitrogens is 1. The predicted molar refractivity (Wildman–Crippen MR) is 139 cm³/mol. The Morgan fingerprint density at radius 2 is 1.81 bits per heavy atom. The molecule has 0 radical (unpaired) electrons. The molecule has 0 unspecified atom stereocenters. The van der Waals surface area contributed by atoms with Crippen LogP contribution >= 0.6 is 0 Å². The molecule has 6 rings (SSSR count). The van der Waals surface area contributed by atoms with E-state index >= 15 is 0 Å². The Kier molecular flexibility index (Phi) is 6.16. The van der Waals surface area contributed by atoms with E-state index in [9.17, 15) is 14.7 Å². The van der Waals surface area contributed by atoms with Crippen LogP contribution in [0.2, 0.25) is 0 Å². The topological polar surface area (TPSA) is 77.8 Å². The van der Waals surface area contributed by atoms with Gasteiger partial charge in [-0.3, -0.25) is 4.79 Å². The Morgan fingerprint density at radius 1 is 1.03 bits per heavy atom. The number of carbonyl (C=O) groups is 1. The number of hydrogen-bond donors (Lipinski definition) is 2. The van der Waals surface area contributed by atoms with Crippen molar-refractivity contribution in [1.82, 2.24) is 19.7 Å². The molecule has 2 aliphatic heterocycles. The molecule has 2 aromatic rings. The molecule has 4 fully saturated rings. The Bertz CT molecular complexity index is 1150. The summed E-state index contributed by atoms with van der Waals surface area (Å²) < 4.78 is 1.70. The van der Waals surface area contributed by atoms with Crippen LogP contribution in [0, 0.1) is 5.41 Å². The number of amides is 2. The lowest BCUT2D eigenvalue weighted by molar-refractivity contribution is -0.136. The first-order valence-corrected chi connectivity index (χ1v) is 13.7. The molecule has 2 N–H and O–H groups in total. The van der Waals surface area contributed by atoms with Gasteiger partial charge in [-0.05, 0) is 55.2 Å². The highest BCUT2D eigenvalue weighted by Gasteiger charge is 2.56. The summed E-state index contributed by atoms with van der Waals surface area (Å²) in [5, 5.41) is 15.6. The molecule has 4 aliphatic rings. The highest BCUT2D eigenvalue weighted by Crippen LogP contribution is 2.52. The molecule has 0 bridgehead atoms. The van der Waals surface area contributed by atoms with Crippen molar-refractivity contribution in [2.75, 3.05) is 32.7 Å². The van der Waals surface area contributed by atoms with E-state index in [-0.39, 0.29) is 23.0 Å². The number of rotatable bonds is 4. The second kappa shape index (κ2) is 9.34. The van der Waals surface area contributed by atoms with Crippen LogP contribution in [0.25, 0.3) is 0 Å². The van der Waals surface area contributed by atoms with Crippen LogP contribution in [-0.4, -0.2) is 63.8 Å². The number of hydrogen-bond acceptors (Lipinski definition) is 4. The van der Waals surface area contributed by atoms with Gasteiger partial charge in [-0.25, -0.2) is 4.79 Å². The van der Waals surface area contributed by atoms with Gasteiger partial charge >= 0.3 is 6.03 Å². The number of aliphatic hydroxyl groups is 1. The van der Waals surface area contributed by atoms with Gasteiger partial charge < -0.3 is 24.8 Å². The van der Waals surface area contributed by atoms with E-state index < -0.39 is 5.60 Å². The highest BCUT2D eigenvalue weighted by atomic mass is 16.3. The number of benzene rings is 1. The summed E-state index contributed by atoms with van der Waals surface area (Å²) in [5.74, 6) is 0.538. The third kappa shape index (κ3) is 4.26. The maximum absolute atomic E-state index is 13.9. The first-order valence-electron chi connectivity index (χ1n) is 13.7. The maximum Gasteiger partial charge on any atom is 0.320 e. The van der Waals surface area contributed by atoms with Crippen LogP contribution in [0.4, 0.5) is 4.79 Å². The van der Waals surface area contributed by atoms with E-state index in [2.05, 4.69) is 23.5 Å². The fourth-order valence-electron chi connectivity index (χ4n) is 6.96. The molecule has 2 saturated carbocycles. The average Bonchev–Trinajstić information content (AvgIpc) is 3.65. The molecule has 2 amide bonds. The Hall–Kier alpha value is -2.64. The molecule has 2 atom stereocenters. The Balaban J connectivity index is 1.22. The molecule has 192 valence electrons. The van der Waals surface area contributed by atoms with E-state index in [1.54, 1.807) is 10.6 Å². The first-order chi connectivity index (χ1) is 17.5. The van der Waals surface area contributed by atoms with Gasteiger partial charge in [-0.1, -0.05) is 43.2 Å². The van der Waals surface area contributed by atoms with Crippen molar-refractivity contribution >= 4 is 6.03 Å². The van der Waals surface area contributed by atoms with Gasteiger partial charge in [0, 0.05) is 50.4 Å². The van der Waals surface area contributed by atoms with Crippen molar-refractivity contribution in [2.45, 2.75) is 69.1 Å². The van der Waals surface area contributed by atoms with Crippen molar-refractivity contribution in [3.05, 3.63) is 70.1 Å². The number of urea groups is 1. The van der Waals surface area contributed by atoms with Crippen LogP contribution in [0.3, 0.4) is 0 Å². The predicted octanol–water partition coefficient (Wildman–Crippen LogP) is 3.49. The summed E-state index contributed by atoms with van der Waals surface area (Å²) in [6.07, 6.45) is 8.60. The zero-order valence-electron chi connectivity index (χ0n) is 21.1. The second-order valence-corrected chi connectivity index (χ2v) is 11.5. The summed E-state index contributed by atoms with van der Waals surface area (Å²) in [6.45, 7) is 3.59. The van der Waals surface area contributed by atoms with E-state index in [1.165, 1.54) is 12.8 Å². The molecular formula is C29H38N4O3. The maximum atomic E-state index is 13.9. The third-order valence-corrected chi connectivity index (χ3v) is 9.28. The van der Waals surface area contributed by atoms with Gasteiger partial charge in [0.25, 0.3) is 5.56 Å². The number of piperazine rings is 1. The van der Waals surface area contributed by atoms with Crippen molar-refractivity contribution in [2.24, 2.45) is 5.41 Å². The molecule has 1 spiro atoms. The minimum absolute atomic E-state index is 0.0105. The summed E-state index contributed by atoms with van der Waals surface area (Å²) >= 11 is 0. The highest BCUT2D eigenvalue weighted by molar-refractivity contribution is 5.75. The number of carbonyl (C=O) groups excluding carboxylic acids is 1. The monoisotopic (exact) mass is 490 g/mol. The largest absolute Gasteiger partial charge is 0.387 e. The number of pyridine rings is 1.